The van der Waals surface area contributed by atoms with Crippen molar-refractivity contribution in [2.24, 2.45) is 0 Å². The van der Waals surface area contributed by atoms with Crippen LogP contribution in [0.1, 0.15) is 12.5 Å². The van der Waals surface area contributed by atoms with Crippen molar-refractivity contribution in [2.75, 3.05) is 13.7 Å². The second kappa shape index (κ2) is 8.42. The molecule has 0 aliphatic heterocycles. The van der Waals surface area contributed by atoms with Crippen molar-refractivity contribution in [3.63, 3.8) is 0 Å². The van der Waals surface area contributed by atoms with Crippen molar-refractivity contribution < 1.29 is 24.2 Å². The van der Waals surface area contributed by atoms with Gasteiger partial charge in [0.2, 0.25) is 5.91 Å². The van der Waals surface area contributed by atoms with E-state index in [2.05, 4.69) is 34.5 Å². The minimum absolute atomic E-state index is 0.217. The van der Waals surface area contributed by atoms with Gasteiger partial charge < -0.3 is 19.9 Å². The first-order valence-corrected chi connectivity index (χ1v) is 7.30. The van der Waals surface area contributed by atoms with Gasteiger partial charge in [-0.3, -0.25) is 4.79 Å². The molecule has 2 N–H and O–H groups in total. The van der Waals surface area contributed by atoms with Crippen LogP contribution < -0.4 is 14.8 Å². The Bertz CT molecular complexity index is 625. The van der Waals surface area contributed by atoms with Crippen molar-refractivity contribution in [3.8, 4) is 11.5 Å². The maximum Gasteiger partial charge on any atom is 0.352 e. The molecule has 0 atom stereocenters. The van der Waals surface area contributed by atoms with E-state index in [-0.39, 0.29) is 5.70 Å². The molecule has 0 radical (unpaired) electrons. The van der Waals surface area contributed by atoms with E-state index in [0.29, 0.717) is 23.7 Å². The quantitative estimate of drug-likeness (QED) is 0.405. The van der Waals surface area contributed by atoms with Crippen molar-refractivity contribution in [1.29, 1.82) is 0 Å². The van der Waals surface area contributed by atoms with E-state index in [4.69, 9.17) is 14.6 Å². The summed E-state index contributed by atoms with van der Waals surface area (Å²) < 4.78 is 11.5. The molecule has 7 heteroatoms. The van der Waals surface area contributed by atoms with Crippen LogP contribution in [0.25, 0.3) is 6.08 Å². The number of carbonyl (C=O) groups is 2. The van der Waals surface area contributed by atoms with Gasteiger partial charge in [0.1, 0.15) is 12.3 Å². The first-order valence-electron chi connectivity index (χ1n) is 6.22. The van der Waals surface area contributed by atoms with Crippen LogP contribution in [0.5, 0.6) is 11.5 Å². The fraction of sp³-hybridized carbons (Fsp3) is 0.200. The molecule has 1 amide bonds. The molecule has 0 aromatic heterocycles. The van der Waals surface area contributed by atoms with E-state index in [1.165, 1.54) is 20.1 Å². The first kappa shape index (κ1) is 18.0. The Morgan fingerprint density at radius 3 is 2.64 bits per heavy atom. The molecule has 0 saturated heterocycles. The number of methoxy groups -OCH3 is 1. The fourth-order valence-corrected chi connectivity index (χ4v) is 2.39. The summed E-state index contributed by atoms with van der Waals surface area (Å²) in [5.74, 6) is -0.665. The number of halogens is 1. The normalized spacial score (nSPS) is 10.8. The minimum atomic E-state index is -1.23. The number of carbonyl (C=O) groups excluding carboxylic acids is 1. The summed E-state index contributed by atoms with van der Waals surface area (Å²) in [6.45, 7) is 5.15. The first-order chi connectivity index (χ1) is 10.4. The van der Waals surface area contributed by atoms with Gasteiger partial charge in [0.15, 0.2) is 11.5 Å². The van der Waals surface area contributed by atoms with Crippen molar-refractivity contribution >= 4 is 40.5 Å². The van der Waals surface area contributed by atoms with Crippen LogP contribution >= 0.6 is 22.6 Å². The second-order valence-electron chi connectivity index (χ2n) is 4.18. The molecule has 0 unspecified atom stereocenters. The molecule has 0 aliphatic rings. The number of amides is 1. The molecule has 6 nitrogen and oxygen atoms in total. The van der Waals surface area contributed by atoms with Crippen LogP contribution in [0.2, 0.25) is 0 Å². The van der Waals surface area contributed by atoms with Gasteiger partial charge in [0, 0.05) is 6.92 Å². The Kier molecular flexibility index (Phi) is 6.90. The van der Waals surface area contributed by atoms with Crippen molar-refractivity contribution in [3.05, 3.63) is 39.6 Å². The summed E-state index contributed by atoms with van der Waals surface area (Å²) in [6, 6.07) is 3.36. The Morgan fingerprint density at radius 1 is 1.45 bits per heavy atom. The molecule has 1 rings (SSSR count). The number of hydrogen-bond donors (Lipinski definition) is 2. The van der Waals surface area contributed by atoms with E-state index in [1.54, 1.807) is 18.2 Å². The Labute approximate surface area is 141 Å². The Hall–Kier alpha value is -2.03. The SMILES string of the molecule is C=CCOc1c(I)cc(C=C(NC(C)=O)C(=O)O)cc1OC. The lowest BCUT2D eigenvalue weighted by Crippen LogP contribution is -2.24. The van der Waals surface area contributed by atoms with Gasteiger partial charge in [-0.25, -0.2) is 4.79 Å². The van der Waals surface area contributed by atoms with E-state index in [9.17, 15) is 9.59 Å². The summed E-state index contributed by atoms with van der Waals surface area (Å²) in [7, 11) is 1.49. The average molecular weight is 417 g/mol. The largest absolute Gasteiger partial charge is 0.493 e. The van der Waals surface area contributed by atoms with Gasteiger partial charge in [-0.2, -0.15) is 0 Å². The van der Waals surface area contributed by atoms with Crippen LogP contribution in [0, 0.1) is 3.57 Å². The molecule has 118 valence electrons. The van der Waals surface area contributed by atoms with Crippen molar-refractivity contribution in [1.82, 2.24) is 5.32 Å². The lowest BCUT2D eigenvalue weighted by molar-refractivity contribution is -0.134. The highest BCUT2D eigenvalue weighted by atomic mass is 127. The fourth-order valence-electron chi connectivity index (χ4n) is 1.61. The van der Waals surface area contributed by atoms with Gasteiger partial charge >= 0.3 is 5.97 Å². The zero-order valence-corrected chi connectivity index (χ0v) is 14.3. The number of nitrogens with one attached hydrogen (secondary N) is 1. The van der Waals surface area contributed by atoms with Gasteiger partial charge in [0.05, 0.1) is 10.7 Å². The van der Waals surface area contributed by atoms with E-state index < -0.39 is 11.9 Å². The Balaban J connectivity index is 3.25. The van der Waals surface area contributed by atoms with Crippen LogP contribution in [-0.4, -0.2) is 30.7 Å². The molecule has 0 fully saturated rings. The summed E-state index contributed by atoms with van der Waals surface area (Å²) >= 11 is 2.06. The molecule has 22 heavy (non-hydrogen) atoms. The second-order valence-corrected chi connectivity index (χ2v) is 5.34. The van der Waals surface area contributed by atoms with E-state index in [1.807, 2.05) is 0 Å². The van der Waals surface area contributed by atoms with Crippen LogP contribution in [0.3, 0.4) is 0 Å². The predicted octanol–water partition coefficient (Wildman–Crippen LogP) is 2.43. The monoisotopic (exact) mass is 417 g/mol. The van der Waals surface area contributed by atoms with E-state index >= 15 is 0 Å². The van der Waals surface area contributed by atoms with E-state index in [0.717, 1.165) is 3.57 Å². The smallest absolute Gasteiger partial charge is 0.352 e. The standard InChI is InChI=1S/C15H16INO5/c1-4-5-22-14-11(16)6-10(8-13(14)21-3)7-12(15(19)20)17-9(2)18/h4,6-8H,1,5H2,2-3H3,(H,17,18)(H,19,20). The zero-order chi connectivity index (χ0) is 16.7. The third kappa shape index (κ3) is 5.06. The lowest BCUT2D eigenvalue weighted by atomic mass is 10.1. The van der Waals surface area contributed by atoms with Gasteiger partial charge in [-0.05, 0) is 46.4 Å². The van der Waals surface area contributed by atoms with Crippen LogP contribution in [0.4, 0.5) is 0 Å². The number of carboxylic acids is 1. The summed E-state index contributed by atoms with van der Waals surface area (Å²) in [4.78, 5) is 22.2. The third-order valence-electron chi connectivity index (χ3n) is 2.45. The van der Waals surface area contributed by atoms with Crippen molar-refractivity contribution in [2.45, 2.75) is 6.92 Å². The number of carboxylic acid groups (broad SMARTS) is 1. The third-order valence-corrected chi connectivity index (χ3v) is 3.25. The molecular formula is C15H16INO5. The molecule has 0 heterocycles. The maximum absolute atomic E-state index is 11.1. The summed E-state index contributed by atoms with van der Waals surface area (Å²) in [6.07, 6.45) is 2.97. The number of ether oxygens (including phenoxy) is 2. The highest BCUT2D eigenvalue weighted by Gasteiger charge is 2.13. The highest BCUT2D eigenvalue weighted by Crippen LogP contribution is 2.34. The molecule has 1 aromatic carbocycles. The topological polar surface area (TPSA) is 84.9 Å². The molecule has 0 spiro atoms. The number of hydrogen-bond acceptors (Lipinski definition) is 4. The number of aliphatic carboxylic acids is 1. The zero-order valence-electron chi connectivity index (χ0n) is 12.2. The number of rotatable bonds is 7. The molecular weight excluding hydrogens is 401 g/mol. The summed E-state index contributed by atoms with van der Waals surface area (Å²) in [5.41, 5.74) is 0.350. The van der Waals surface area contributed by atoms with Crippen LogP contribution in [0.15, 0.2) is 30.5 Å². The van der Waals surface area contributed by atoms with Gasteiger partial charge in [0.25, 0.3) is 0 Å². The molecule has 0 aliphatic carbocycles. The maximum atomic E-state index is 11.1. The average Bonchev–Trinajstić information content (AvgIpc) is 2.44. The van der Waals surface area contributed by atoms with Crippen LogP contribution in [-0.2, 0) is 9.59 Å². The predicted molar refractivity (Wildman–Crippen MR) is 90.8 cm³/mol. The molecule has 0 saturated carbocycles. The molecule has 1 aromatic rings. The minimum Gasteiger partial charge on any atom is -0.493 e. The Morgan fingerprint density at radius 2 is 2.14 bits per heavy atom. The lowest BCUT2D eigenvalue weighted by Gasteiger charge is -2.13. The van der Waals surface area contributed by atoms with Gasteiger partial charge in [-0.1, -0.05) is 12.7 Å². The number of benzene rings is 1. The highest BCUT2D eigenvalue weighted by molar-refractivity contribution is 14.1. The summed E-state index contributed by atoms with van der Waals surface area (Å²) in [5, 5.41) is 11.4. The molecule has 0 bridgehead atoms. The van der Waals surface area contributed by atoms with Gasteiger partial charge in [-0.15, -0.1) is 0 Å².